The highest BCUT2D eigenvalue weighted by Crippen LogP contribution is 2.23. The first-order valence-electron chi connectivity index (χ1n) is 6.62. The molecule has 0 aliphatic rings. The standard InChI is InChI=1S/C17H13ClFNO3/c1-23-17(22)12-6-8-13(18)15(10-12)20-16(21)9-7-11-4-2-3-5-14(11)19/h2-10H,1H3,(H,20,21)/b9-7+. The SMILES string of the molecule is COC(=O)c1ccc(Cl)c(NC(=O)/C=C/c2ccccc2F)c1. The van der Waals surface area contributed by atoms with Crippen LogP contribution in [-0.2, 0) is 9.53 Å². The van der Waals surface area contributed by atoms with Crippen molar-refractivity contribution in [3.05, 3.63) is 70.5 Å². The number of hydrogen-bond acceptors (Lipinski definition) is 3. The first-order chi connectivity index (χ1) is 11.0. The lowest BCUT2D eigenvalue weighted by Crippen LogP contribution is -2.10. The van der Waals surface area contributed by atoms with Crippen LogP contribution in [0.4, 0.5) is 10.1 Å². The van der Waals surface area contributed by atoms with Crippen LogP contribution >= 0.6 is 11.6 Å². The summed E-state index contributed by atoms with van der Waals surface area (Å²) in [5, 5.41) is 2.80. The summed E-state index contributed by atoms with van der Waals surface area (Å²) in [5.74, 6) is -1.47. The lowest BCUT2D eigenvalue weighted by molar-refractivity contribution is -0.111. The molecule has 1 amide bonds. The van der Waals surface area contributed by atoms with Gasteiger partial charge in [-0.1, -0.05) is 29.8 Å². The molecule has 0 heterocycles. The van der Waals surface area contributed by atoms with Gasteiger partial charge in [0.1, 0.15) is 5.82 Å². The molecular formula is C17H13ClFNO3. The summed E-state index contributed by atoms with van der Waals surface area (Å²) in [6, 6.07) is 10.4. The summed E-state index contributed by atoms with van der Waals surface area (Å²) < 4.78 is 18.1. The number of hydrogen-bond donors (Lipinski definition) is 1. The minimum absolute atomic E-state index is 0.255. The fourth-order valence-electron chi connectivity index (χ4n) is 1.82. The van der Waals surface area contributed by atoms with Crippen molar-refractivity contribution in [2.24, 2.45) is 0 Å². The Bertz CT molecular complexity index is 774. The molecule has 1 N–H and O–H groups in total. The zero-order chi connectivity index (χ0) is 16.8. The lowest BCUT2D eigenvalue weighted by atomic mass is 10.2. The van der Waals surface area contributed by atoms with Gasteiger partial charge >= 0.3 is 5.97 Å². The zero-order valence-corrected chi connectivity index (χ0v) is 12.9. The van der Waals surface area contributed by atoms with E-state index in [0.717, 1.165) is 0 Å². The average Bonchev–Trinajstić information content (AvgIpc) is 2.55. The molecule has 6 heteroatoms. The van der Waals surface area contributed by atoms with Gasteiger partial charge in [0.25, 0.3) is 0 Å². The molecule has 0 atom stereocenters. The summed E-state index contributed by atoms with van der Waals surface area (Å²) in [6.07, 6.45) is 2.53. The highest BCUT2D eigenvalue weighted by Gasteiger charge is 2.10. The lowest BCUT2D eigenvalue weighted by Gasteiger charge is -2.07. The van der Waals surface area contributed by atoms with Crippen LogP contribution in [0.1, 0.15) is 15.9 Å². The molecule has 0 unspecified atom stereocenters. The molecule has 23 heavy (non-hydrogen) atoms. The van der Waals surface area contributed by atoms with E-state index >= 15 is 0 Å². The smallest absolute Gasteiger partial charge is 0.337 e. The molecule has 2 rings (SSSR count). The molecule has 0 saturated heterocycles. The second-order valence-corrected chi connectivity index (χ2v) is 4.94. The van der Waals surface area contributed by atoms with Crippen LogP contribution in [-0.4, -0.2) is 19.0 Å². The third-order valence-electron chi connectivity index (χ3n) is 2.96. The second kappa shape index (κ2) is 7.56. The summed E-state index contributed by atoms with van der Waals surface area (Å²) >= 11 is 5.98. The van der Waals surface area contributed by atoms with Crippen molar-refractivity contribution in [2.75, 3.05) is 12.4 Å². The molecule has 0 fully saturated rings. The van der Waals surface area contributed by atoms with Gasteiger partial charge in [-0.15, -0.1) is 0 Å². The quantitative estimate of drug-likeness (QED) is 0.681. The fraction of sp³-hybridized carbons (Fsp3) is 0.0588. The number of anilines is 1. The number of amides is 1. The number of halogens is 2. The van der Waals surface area contributed by atoms with E-state index in [9.17, 15) is 14.0 Å². The highest BCUT2D eigenvalue weighted by molar-refractivity contribution is 6.34. The second-order valence-electron chi connectivity index (χ2n) is 4.53. The van der Waals surface area contributed by atoms with Gasteiger partial charge in [0.15, 0.2) is 0 Å². The minimum Gasteiger partial charge on any atom is -0.465 e. The van der Waals surface area contributed by atoms with Gasteiger partial charge in [-0.3, -0.25) is 4.79 Å². The monoisotopic (exact) mass is 333 g/mol. The molecule has 118 valence electrons. The van der Waals surface area contributed by atoms with Crippen LogP contribution in [0.25, 0.3) is 6.08 Å². The summed E-state index contributed by atoms with van der Waals surface area (Å²) in [4.78, 5) is 23.4. The van der Waals surface area contributed by atoms with E-state index in [1.54, 1.807) is 18.2 Å². The topological polar surface area (TPSA) is 55.4 Å². The van der Waals surface area contributed by atoms with Gasteiger partial charge in [0.05, 0.1) is 23.4 Å². The van der Waals surface area contributed by atoms with Crippen molar-refractivity contribution in [3.63, 3.8) is 0 Å². The van der Waals surface area contributed by atoms with Crippen LogP contribution in [0.3, 0.4) is 0 Å². The van der Waals surface area contributed by atoms with Crippen molar-refractivity contribution in [1.82, 2.24) is 0 Å². The molecule has 0 aliphatic carbocycles. The van der Waals surface area contributed by atoms with Gasteiger partial charge in [0, 0.05) is 11.6 Å². The maximum Gasteiger partial charge on any atom is 0.337 e. The predicted octanol–water partition coefficient (Wildman–Crippen LogP) is 3.92. The van der Waals surface area contributed by atoms with E-state index in [-0.39, 0.29) is 21.8 Å². The van der Waals surface area contributed by atoms with Crippen molar-refractivity contribution in [3.8, 4) is 0 Å². The fourth-order valence-corrected chi connectivity index (χ4v) is 1.98. The summed E-state index contributed by atoms with van der Waals surface area (Å²) in [7, 11) is 1.26. The first-order valence-corrected chi connectivity index (χ1v) is 7.00. The van der Waals surface area contributed by atoms with Crippen molar-refractivity contribution >= 4 is 35.2 Å². The number of nitrogens with one attached hydrogen (secondary N) is 1. The van der Waals surface area contributed by atoms with E-state index in [1.165, 1.54) is 43.5 Å². The summed E-state index contributed by atoms with van der Waals surface area (Å²) in [5.41, 5.74) is 0.806. The Hall–Kier alpha value is -2.66. The molecular weight excluding hydrogens is 321 g/mol. The molecule has 4 nitrogen and oxygen atoms in total. The van der Waals surface area contributed by atoms with E-state index in [1.807, 2.05) is 0 Å². The molecule has 2 aromatic rings. The number of carbonyl (C=O) groups is 2. The third-order valence-corrected chi connectivity index (χ3v) is 3.29. The predicted molar refractivity (Wildman–Crippen MR) is 86.9 cm³/mol. The average molecular weight is 334 g/mol. The highest BCUT2D eigenvalue weighted by atomic mass is 35.5. The van der Waals surface area contributed by atoms with Gasteiger partial charge in [-0.2, -0.15) is 0 Å². The van der Waals surface area contributed by atoms with Gasteiger partial charge in [0.2, 0.25) is 5.91 Å². The van der Waals surface area contributed by atoms with Gasteiger partial charge in [-0.05, 0) is 30.3 Å². The van der Waals surface area contributed by atoms with Gasteiger partial charge < -0.3 is 10.1 Å². The number of benzene rings is 2. The van der Waals surface area contributed by atoms with Crippen LogP contribution in [0.15, 0.2) is 48.5 Å². The van der Waals surface area contributed by atoms with Gasteiger partial charge in [-0.25, -0.2) is 9.18 Å². The molecule has 0 spiro atoms. The molecule has 0 saturated carbocycles. The number of methoxy groups -OCH3 is 1. The van der Waals surface area contributed by atoms with Crippen LogP contribution in [0.5, 0.6) is 0 Å². The maximum atomic E-state index is 13.5. The van der Waals surface area contributed by atoms with E-state index in [4.69, 9.17) is 11.6 Å². The normalized spacial score (nSPS) is 10.6. The summed E-state index contributed by atoms with van der Waals surface area (Å²) in [6.45, 7) is 0. The molecule has 0 radical (unpaired) electrons. The van der Waals surface area contributed by atoms with Crippen molar-refractivity contribution in [2.45, 2.75) is 0 Å². The van der Waals surface area contributed by atoms with Crippen LogP contribution < -0.4 is 5.32 Å². The number of carbonyl (C=O) groups excluding carboxylic acids is 2. The Morgan fingerprint density at radius 2 is 1.96 bits per heavy atom. The Labute approximate surface area is 137 Å². The molecule has 2 aromatic carbocycles. The van der Waals surface area contributed by atoms with E-state index in [0.29, 0.717) is 0 Å². The number of ether oxygens (including phenoxy) is 1. The Morgan fingerprint density at radius 1 is 1.22 bits per heavy atom. The Morgan fingerprint density at radius 3 is 2.65 bits per heavy atom. The number of rotatable bonds is 4. The van der Waals surface area contributed by atoms with Crippen LogP contribution in [0.2, 0.25) is 5.02 Å². The molecule has 0 aliphatic heterocycles. The van der Waals surface area contributed by atoms with E-state index < -0.39 is 17.7 Å². The minimum atomic E-state index is -0.543. The maximum absolute atomic E-state index is 13.5. The number of esters is 1. The largest absolute Gasteiger partial charge is 0.465 e. The van der Waals surface area contributed by atoms with Crippen LogP contribution in [0, 0.1) is 5.82 Å². The molecule has 0 bridgehead atoms. The Kier molecular flexibility index (Phi) is 5.49. The molecule has 0 aromatic heterocycles. The van der Waals surface area contributed by atoms with Crippen molar-refractivity contribution in [1.29, 1.82) is 0 Å². The Balaban J connectivity index is 2.14. The van der Waals surface area contributed by atoms with E-state index in [2.05, 4.69) is 10.1 Å². The third kappa shape index (κ3) is 4.40. The first kappa shape index (κ1) is 16.7. The van der Waals surface area contributed by atoms with Crippen molar-refractivity contribution < 1.29 is 18.7 Å². The zero-order valence-electron chi connectivity index (χ0n) is 12.2.